The molecule has 6 heteroatoms. The van der Waals surface area contributed by atoms with Gasteiger partial charge in [0.05, 0.1) is 25.8 Å². The van der Waals surface area contributed by atoms with Crippen LogP contribution in [0.4, 0.5) is 0 Å². The van der Waals surface area contributed by atoms with Gasteiger partial charge in [0.2, 0.25) is 0 Å². The fourth-order valence-electron chi connectivity index (χ4n) is 2.45. The number of rotatable bonds is 4. The Morgan fingerprint density at radius 2 is 2.25 bits per heavy atom. The molecule has 1 heterocycles. The SMILES string of the molecule is COc1cccc(C(=O)N2CCNCC2CN)c1OC. The molecule has 1 aromatic rings. The second-order valence-electron chi connectivity index (χ2n) is 4.63. The number of para-hydroxylation sites is 1. The Balaban J connectivity index is 2.32. The molecule has 6 nitrogen and oxygen atoms in total. The Labute approximate surface area is 118 Å². The van der Waals surface area contributed by atoms with E-state index in [-0.39, 0.29) is 11.9 Å². The van der Waals surface area contributed by atoms with Crippen LogP contribution in [0, 0.1) is 0 Å². The first-order chi connectivity index (χ1) is 9.72. The highest BCUT2D eigenvalue weighted by molar-refractivity contribution is 5.98. The number of hydrogen-bond acceptors (Lipinski definition) is 5. The smallest absolute Gasteiger partial charge is 0.258 e. The number of piperazine rings is 1. The van der Waals surface area contributed by atoms with Crippen molar-refractivity contribution in [2.24, 2.45) is 5.73 Å². The number of carbonyl (C=O) groups is 1. The summed E-state index contributed by atoms with van der Waals surface area (Å²) in [5.74, 6) is 0.949. The van der Waals surface area contributed by atoms with Crippen LogP contribution in [-0.2, 0) is 0 Å². The van der Waals surface area contributed by atoms with E-state index in [9.17, 15) is 4.79 Å². The predicted molar refractivity (Wildman–Crippen MR) is 76.3 cm³/mol. The topological polar surface area (TPSA) is 76.8 Å². The summed E-state index contributed by atoms with van der Waals surface area (Å²) in [5, 5.41) is 3.24. The molecule has 1 aliphatic rings. The lowest BCUT2D eigenvalue weighted by molar-refractivity contribution is 0.0640. The van der Waals surface area contributed by atoms with Gasteiger partial charge in [-0.15, -0.1) is 0 Å². The van der Waals surface area contributed by atoms with Crippen molar-refractivity contribution in [3.05, 3.63) is 23.8 Å². The lowest BCUT2D eigenvalue weighted by atomic mass is 10.1. The van der Waals surface area contributed by atoms with Crippen LogP contribution in [0.3, 0.4) is 0 Å². The molecule has 1 unspecified atom stereocenters. The number of methoxy groups -OCH3 is 2. The molecule has 2 rings (SSSR count). The van der Waals surface area contributed by atoms with Gasteiger partial charge in [0.15, 0.2) is 11.5 Å². The molecule has 0 aliphatic carbocycles. The molecule has 3 N–H and O–H groups in total. The van der Waals surface area contributed by atoms with Crippen LogP contribution in [-0.4, -0.2) is 57.2 Å². The zero-order valence-corrected chi connectivity index (χ0v) is 11.9. The molecule has 1 amide bonds. The van der Waals surface area contributed by atoms with E-state index in [1.165, 1.54) is 7.11 Å². The van der Waals surface area contributed by atoms with Crippen LogP contribution >= 0.6 is 0 Å². The molecule has 0 spiro atoms. The maximum Gasteiger partial charge on any atom is 0.258 e. The number of nitrogens with zero attached hydrogens (tertiary/aromatic N) is 1. The van der Waals surface area contributed by atoms with E-state index < -0.39 is 0 Å². The zero-order valence-electron chi connectivity index (χ0n) is 11.9. The first kappa shape index (κ1) is 14.6. The summed E-state index contributed by atoms with van der Waals surface area (Å²) < 4.78 is 10.6. The molecule has 110 valence electrons. The Kier molecular flexibility index (Phi) is 4.81. The standard InChI is InChI=1S/C14H21N3O3/c1-19-12-5-3-4-11(13(12)20-2)14(18)17-7-6-16-9-10(17)8-15/h3-5,10,16H,6-9,15H2,1-2H3. The number of nitrogens with one attached hydrogen (secondary N) is 1. The molecule has 1 aliphatic heterocycles. The third-order valence-corrected chi connectivity index (χ3v) is 3.52. The molecule has 0 radical (unpaired) electrons. The Morgan fingerprint density at radius 1 is 1.45 bits per heavy atom. The number of benzene rings is 1. The van der Waals surface area contributed by atoms with E-state index >= 15 is 0 Å². The van der Waals surface area contributed by atoms with Gasteiger partial charge in [-0.05, 0) is 12.1 Å². The summed E-state index contributed by atoms with van der Waals surface area (Å²) >= 11 is 0. The highest BCUT2D eigenvalue weighted by atomic mass is 16.5. The van der Waals surface area contributed by atoms with Crippen molar-refractivity contribution in [2.45, 2.75) is 6.04 Å². The number of ether oxygens (including phenoxy) is 2. The number of amides is 1. The monoisotopic (exact) mass is 279 g/mol. The van der Waals surface area contributed by atoms with Crippen LogP contribution < -0.4 is 20.5 Å². The molecule has 1 aromatic carbocycles. The molecule has 20 heavy (non-hydrogen) atoms. The molecule has 1 atom stereocenters. The summed E-state index contributed by atoms with van der Waals surface area (Å²) in [5.41, 5.74) is 6.25. The lowest BCUT2D eigenvalue weighted by Gasteiger charge is -2.35. The van der Waals surface area contributed by atoms with Crippen molar-refractivity contribution in [3.8, 4) is 11.5 Å². The van der Waals surface area contributed by atoms with Gasteiger partial charge >= 0.3 is 0 Å². The van der Waals surface area contributed by atoms with Crippen LogP contribution in [0.25, 0.3) is 0 Å². The Morgan fingerprint density at radius 3 is 2.90 bits per heavy atom. The van der Waals surface area contributed by atoms with Gasteiger partial charge in [0, 0.05) is 26.2 Å². The summed E-state index contributed by atoms with van der Waals surface area (Å²) in [6.07, 6.45) is 0. The Hall–Kier alpha value is -1.79. The molecular weight excluding hydrogens is 258 g/mol. The second kappa shape index (κ2) is 6.58. The largest absolute Gasteiger partial charge is 0.493 e. The van der Waals surface area contributed by atoms with Crippen molar-refractivity contribution >= 4 is 5.91 Å². The first-order valence-electron chi connectivity index (χ1n) is 6.65. The molecular formula is C14H21N3O3. The van der Waals surface area contributed by atoms with Gasteiger partial charge < -0.3 is 25.4 Å². The first-order valence-corrected chi connectivity index (χ1v) is 6.65. The Bertz CT molecular complexity index is 479. The summed E-state index contributed by atoms with van der Waals surface area (Å²) in [6, 6.07) is 5.31. The third-order valence-electron chi connectivity index (χ3n) is 3.52. The minimum absolute atomic E-state index is 0.00663. The van der Waals surface area contributed by atoms with Gasteiger partial charge in [-0.25, -0.2) is 0 Å². The summed E-state index contributed by atoms with van der Waals surface area (Å²) in [6.45, 7) is 2.56. The zero-order chi connectivity index (χ0) is 14.5. The van der Waals surface area contributed by atoms with E-state index in [4.69, 9.17) is 15.2 Å². The van der Waals surface area contributed by atoms with Gasteiger partial charge in [-0.3, -0.25) is 4.79 Å². The second-order valence-corrected chi connectivity index (χ2v) is 4.63. The van der Waals surface area contributed by atoms with Crippen LogP contribution in [0.1, 0.15) is 10.4 Å². The molecule has 0 saturated carbocycles. The van der Waals surface area contributed by atoms with Gasteiger partial charge in [-0.2, -0.15) is 0 Å². The minimum atomic E-state index is -0.0716. The highest BCUT2D eigenvalue weighted by Crippen LogP contribution is 2.31. The quantitative estimate of drug-likeness (QED) is 0.816. The minimum Gasteiger partial charge on any atom is -0.493 e. The fourth-order valence-corrected chi connectivity index (χ4v) is 2.45. The van der Waals surface area contributed by atoms with E-state index in [1.54, 1.807) is 30.2 Å². The van der Waals surface area contributed by atoms with Gasteiger partial charge in [0.25, 0.3) is 5.91 Å². The van der Waals surface area contributed by atoms with Crippen molar-refractivity contribution in [2.75, 3.05) is 40.4 Å². The third kappa shape index (κ3) is 2.71. The number of hydrogen-bond donors (Lipinski definition) is 2. The van der Waals surface area contributed by atoms with Crippen LogP contribution in [0.2, 0.25) is 0 Å². The van der Waals surface area contributed by atoms with Crippen molar-refractivity contribution in [1.29, 1.82) is 0 Å². The fraction of sp³-hybridized carbons (Fsp3) is 0.500. The van der Waals surface area contributed by atoms with Crippen LogP contribution in [0.15, 0.2) is 18.2 Å². The molecule has 0 aromatic heterocycles. The summed E-state index contributed by atoms with van der Waals surface area (Å²) in [4.78, 5) is 14.5. The van der Waals surface area contributed by atoms with Gasteiger partial charge in [0.1, 0.15) is 0 Å². The van der Waals surface area contributed by atoms with E-state index in [0.29, 0.717) is 36.7 Å². The molecule has 0 bridgehead atoms. The van der Waals surface area contributed by atoms with Crippen molar-refractivity contribution < 1.29 is 14.3 Å². The maximum absolute atomic E-state index is 12.7. The average Bonchev–Trinajstić information content (AvgIpc) is 2.53. The predicted octanol–water partition coefficient (Wildman–Crippen LogP) is 0.0765. The lowest BCUT2D eigenvalue weighted by Crippen LogP contribution is -2.56. The summed E-state index contributed by atoms with van der Waals surface area (Å²) in [7, 11) is 3.09. The van der Waals surface area contributed by atoms with Crippen LogP contribution in [0.5, 0.6) is 11.5 Å². The number of carbonyl (C=O) groups excluding carboxylic acids is 1. The average molecular weight is 279 g/mol. The van der Waals surface area contributed by atoms with E-state index in [1.807, 2.05) is 0 Å². The van der Waals surface area contributed by atoms with Crippen molar-refractivity contribution in [3.63, 3.8) is 0 Å². The highest BCUT2D eigenvalue weighted by Gasteiger charge is 2.28. The number of nitrogens with two attached hydrogens (primary N) is 1. The van der Waals surface area contributed by atoms with E-state index in [0.717, 1.165) is 6.54 Å². The van der Waals surface area contributed by atoms with Crippen molar-refractivity contribution in [1.82, 2.24) is 10.2 Å². The molecule has 1 fully saturated rings. The maximum atomic E-state index is 12.7. The normalized spacial score (nSPS) is 18.8. The van der Waals surface area contributed by atoms with Gasteiger partial charge in [-0.1, -0.05) is 6.07 Å². The van der Waals surface area contributed by atoms with E-state index in [2.05, 4.69) is 5.32 Å². The molecule has 1 saturated heterocycles.